The molecule has 1 aliphatic heterocycles. The molecule has 0 fully saturated rings. The largest absolute Gasteiger partial charge is 0.491 e. The van der Waals surface area contributed by atoms with E-state index in [-0.39, 0.29) is 0 Å². The van der Waals surface area contributed by atoms with Gasteiger partial charge in [0.2, 0.25) is 0 Å². The Kier molecular flexibility index (Phi) is 4.88. The van der Waals surface area contributed by atoms with Crippen molar-refractivity contribution in [1.29, 1.82) is 0 Å². The molecule has 1 N–H and O–H groups in total. The minimum atomic E-state index is 0.549. The lowest BCUT2D eigenvalue weighted by Gasteiger charge is -2.32. The van der Waals surface area contributed by atoms with Gasteiger partial charge >= 0.3 is 0 Å². The lowest BCUT2D eigenvalue weighted by molar-refractivity contribution is 0.322. The number of hydrogen-bond acceptors (Lipinski definition) is 3. The third kappa shape index (κ3) is 2.96. The average molecular weight is 248 g/mol. The zero-order valence-corrected chi connectivity index (χ0v) is 11.5. The van der Waals surface area contributed by atoms with Gasteiger partial charge in [-0.3, -0.25) is 0 Å². The standard InChI is InChI=1S/C15H24N2O/c1-3-13(12-16-4-2)17-10-7-11-18-15-9-6-5-8-14(15)17/h5-6,8-9,13,16H,3-4,7,10-12H2,1-2H3. The average Bonchev–Trinajstić information content (AvgIpc) is 2.63. The van der Waals surface area contributed by atoms with E-state index in [4.69, 9.17) is 4.74 Å². The van der Waals surface area contributed by atoms with Crippen LogP contribution in [0.5, 0.6) is 5.75 Å². The molecule has 1 aromatic carbocycles. The first-order chi connectivity index (χ1) is 8.86. The second-order valence-corrected chi connectivity index (χ2v) is 4.73. The summed E-state index contributed by atoms with van der Waals surface area (Å²) >= 11 is 0. The predicted octanol–water partition coefficient (Wildman–Crippen LogP) is 2.66. The Bertz CT molecular complexity index is 367. The van der Waals surface area contributed by atoms with Crippen LogP contribution in [0.2, 0.25) is 0 Å². The van der Waals surface area contributed by atoms with Crippen molar-refractivity contribution in [3.05, 3.63) is 24.3 Å². The maximum absolute atomic E-state index is 5.82. The van der Waals surface area contributed by atoms with E-state index in [2.05, 4.69) is 42.3 Å². The second-order valence-electron chi connectivity index (χ2n) is 4.73. The summed E-state index contributed by atoms with van der Waals surface area (Å²) in [6.07, 6.45) is 2.25. The SMILES string of the molecule is CCNCC(CC)N1CCCOc2ccccc21. The summed E-state index contributed by atoms with van der Waals surface area (Å²) in [7, 11) is 0. The van der Waals surface area contributed by atoms with Gasteiger partial charge in [0.1, 0.15) is 5.75 Å². The molecule has 3 heteroatoms. The van der Waals surface area contributed by atoms with Crippen molar-refractivity contribution < 1.29 is 4.74 Å². The van der Waals surface area contributed by atoms with Gasteiger partial charge in [0, 0.05) is 19.1 Å². The third-order valence-electron chi connectivity index (χ3n) is 3.52. The maximum atomic E-state index is 5.82. The molecule has 1 atom stereocenters. The van der Waals surface area contributed by atoms with Crippen LogP contribution in [0.4, 0.5) is 5.69 Å². The fourth-order valence-electron chi connectivity index (χ4n) is 2.52. The lowest BCUT2D eigenvalue weighted by atomic mass is 10.1. The molecule has 1 aliphatic rings. The van der Waals surface area contributed by atoms with E-state index in [0.717, 1.165) is 44.8 Å². The quantitative estimate of drug-likeness (QED) is 0.867. The molecule has 0 spiro atoms. The fourth-order valence-corrected chi connectivity index (χ4v) is 2.52. The van der Waals surface area contributed by atoms with Crippen molar-refractivity contribution in [3.63, 3.8) is 0 Å². The minimum absolute atomic E-state index is 0.549. The first kappa shape index (κ1) is 13.2. The van der Waals surface area contributed by atoms with E-state index in [1.165, 1.54) is 5.69 Å². The third-order valence-corrected chi connectivity index (χ3v) is 3.52. The van der Waals surface area contributed by atoms with Gasteiger partial charge in [-0.2, -0.15) is 0 Å². The van der Waals surface area contributed by atoms with Crippen molar-refractivity contribution in [3.8, 4) is 5.75 Å². The zero-order valence-electron chi connectivity index (χ0n) is 11.5. The predicted molar refractivity (Wildman–Crippen MR) is 76.5 cm³/mol. The second kappa shape index (κ2) is 6.64. The molecular formula is C15H24N2O. The molecule has 0 aliphatic carbocycles. The summed E-state index contributed by atoms with van der Waals surface area (Å²) in [6.45, 7) is 8.40. The highest BCUT2D eigenvalue weighted by atomic mass is 16.5. The van der Waals surface area contributed by atoms with Gasteiger partial charge in [0.15, 0.2) is 0 Å². The van der Waals surface area contributed by atoms with Crippen LogP contribution in [0.3, 0.4) is 0 Å². The van der Waals surface area contributed by atoms with Crippen molar-refractivity contribution >= 4 is 5.69 Å². The van der Waals surface area contributed by atoms with Crippen LogP contribution in [-0.4, -0.2) is 32.3 Å². The van der Waals surface area contributed by atoms with Gasteiger partial charge in [-0.05, 0) is 31.5 Å². The molecule has 0 saturated heterocycles. The zero-order chi connectivity index (χ0) is 12.8. The molecule has 0 aromatic heterocycles. The van der Waals surface area contributed by atoms with Crippen LogP contribution >= 0.6 is 0 Å². The Balaban J connectivity index is 2.20. The number of nitrogens with zero attached hydrogens (tertiary/aromatic N) is 1. The topological polar surface area (TPSA) is 24.5 Å². The van der Waals surface area contributed by atoms with Gasteiger partial charge in [-0.15, -0.1) is 0 Å². The number of para-hydroxylation sites is 2. The van der Waals surface area contributed by atoms with Gasteiger partial charge < -0.3 is 15.0 Å². The van der Waals surface area contributed by atoms with Crippen LogP contribution in [0.15, 0.2) is 24.3 Å². The Morgan fingerprint density at radius 1 is 1.33 bits per heavy atom. The molecule has 18 heavy (non-hydrogen) atoms. The number of anilines is 1. The molecule has 100 valence electrons. The Morgan fingerprint density at radius 2 is 2.17 bits per heavy atom. The number of nitrogens with one attached hydrogen (secondary N) is 1. The maximum Gasteiger partial charge on any atom is 0.142 e. The first-order valence-electron chi connectivity index (χ1n) is 7.06. The highest BCUT2D eigenvalue weighted by Gasteiger charge is 2.21. The van der Waals surface area contributed by atoms with Crippen LogP contribution in [-0.2, 0) is 0 Å². The van der Waals surface area contributed by atoms with Gasteiger partial charge in [0.25, 0.3) is 0 Å². The summed E-state index contributed by atoms with van der Waals surface area (Å²) in [5, 5.41) is 3.47. The molecule has 0 bridgehead atoms. The molecule has 0 saturated carbocycles. The van der Waals surface area contributed by atoms with Crippen LogP contribution in [0, 0.1) is 0 Å². The van der Waals surface area contributed by atoms with Gasteiger partial charge in [0.05, 0.1) is 12.3 Å². The number of fused-ring (bicyclic) bond motifs is 1. The number of ether oxygens (including phenoxy) is 1. The Morgan fingerprint density at radius 3 is 2.94 bits per heavy atom. The first-order valence-corrected chi connectivity index (χ1v) is 7.06. The molecule has 0 amide bonds. The molecule has 1 heterocycles. The highest BCUT2D eigenvalue weighted by molar-refractivity contribution is 5.59. The Hall–Kier alpha value is -1.22. The fraction of sp³-hybridized carbons (Fsp3) is 0.600. The lowest BCUT2D eigenvalue weighted by Crippen LogP contribution is -2.42. The molecule has 0 radical (unpaired) electrons. The van der Waals surface area contributed by atoms with Crippen molar-refractivity contribution in [2.24, 2.45) is 0 Å². The summed E-state index contributed by atoms with van der Waals surface area (Å²) in [5.74, 6) is 1.03. The molecule has 1 aromatic rings. The number of likely N-dealkylation sites (N-methyl/N-ethyl adjacent to an activating group) is 1. The van der Waals surface area contributed by atoms with Crippen LogP contribution in [0.1, 0.15) is 26.7 Å². The minimum Gasteiger partial charge on any atom is -0.491 e. The van der Waals surface area contributed by atoms with E-state index in [1.807, 2.05) is 6.07 Å². The normalized spacial score (nSPS) is 16.7. The van der Waals surface area contributed by atoms with Crippen molar-refractivity contribution in [2.75, 3.05) is 31.1 Å². The number of rotatable bonds is 5. The number of hydrogen-bond donors (Lipinski definition) is 1. The van der Waals surface area contributed by atoms with Crippen LogP contribution in [0.25, 0.3) is 0 Å². The summed E-state index contributed by atoms with van der Waals surface area (Å²) < 4.78 is 5.82. The van der Waals surface area contributed by atoms with E-state index < -0.39 is 0 Å². The molecule has 1 unspecified atom stereocenters. The molecular weight excluding hydrogens is 224 g/mol. The van der Waals surface area contributed by atoms with Gasteiger partial charge in [-0.25, -0.2) is 0 Å². The molecule has 2 rings (SSSR count). The van der Waals surface area contributed by atoms with Gasteiger partial charge in [-0.1, -0.05) is 26.0 Å². The Labute approximate surface area is 110 Å². The smallest absolute Gasteiger partial charge is 0.142 e. The van der Waals surface area contributed by atoms with Crippen molar-refractivity contribution in [1.82, 2.24) is 5.32 Å². The van der Waals surface area contributed by atoms with E-state index >= 15 is 0 Å². The molecule has 3 nitrogen and oxygen atoms in total. The monoisotopic (exact) mass is 248 g/mol. The summed E-state index contributed by atoms with van der Waals surface area (Å²) in [6, 6.07) is 8.95. The number of benzene rings is 1. The summed E-state index contributed by atoms with van der Waals surface area (Å²) in [5.41, 5.74) is 1.25. The van der Waals surface area contributed by atoms with Crippen molar-refractivity contribution in [2.45, 2.75) is 32.7 Å². The van der Waals surface area contributed by atoms with E-state index in [9.17, 15) is 0 Å². The van der Waals surface area contributed by atoms with E-state index in [1.54, 1.807) is 0 Å². The van der Waals surface area contributed by atoms with E-state index in [0.29, 0.717) is 6.04 Å². The highest BCUT2D eigenvalue weighted by Crippen LogP contribution is 2.32. The summed E-state index contributed by atoms with van der Waals surface area (Å²) in [4.78, 5) is 2.50. The van der Waals surface area contributed by atoms with Crippen LogP contribution < -0.4 is 15.0 Å².